The third-order valence-electron chi connectivity index (χ3n) is 13.9. The second-order valence-corrected chi connectivity index (χ2v) is 22.3. The molecule has 0 spiro atoms. The molecular weight excluding hydrogens is 673 g/mol. The second-order valence-electron chi connectivity index (χ2n) is 22.3. The largest absolute Gasteiger partial charge is 0.330 e. The molecule has 55 heavy (non-hydrogen) atoms. The molecule has 5 rings (SSSR count). The summed E-state index contributed by atoms with van der Waals surface area (Å²) < 4.78 is 0. The number of nitrogens with two attached hydrogens (primary N) is 5. The predicted molar refractivity (Wildman–Crippen MR) is 246 cm³/mol. The van der Waals surface area contributed by atoms with Gasteiger partial charge in [0.15, 0.2) is 0 Å². The third kappa shape index (κ3) is 24.4. The van der Waals surface area contributed by atoms with E-state index in [1.807, 2.05) is 0 Å². The summed E-state index contributed by atoms with van der Waals surface area (Å²) in [6, 6.07) is 1.22. The van der Waals surface area contributed by atoms with E-state index in [0.717, 1.165) is 97.2 Å². The van der Waals surface area contributed by atoms with Crippen LogP contribution in [0.15, 0.2) is 0 Å². The van der Waals surface area contributed by atoms with Crippen LogP contribution >= 0.6 is 0 Å². The molecule has 1 heterocycles. The highest BCUT2D eigenvalue weighted by molar-refractivity contribution is 4.92. The lowest BCUT2D eigenvalue weighted by molar-refractivity contribution is 0.335. The highest BCUT2D eigenvalue weighted by Gasteiger charge is 2.33. The average Bonchev–Trinajstić information content (AvgIpc) is 3.93. The highest BCUT2D eigenvalue weighted by atomic mass is 15.0. The Bertz CT molecular complexity index is 884. The van der Waals surface area contributed by atoms with Crippen LogP contribution in [0.2, 0.25) is 0 Å². The molecule has 0 aromatic rings. The van der Waals surface area contributed by atoms with Gasteiger partial charge in [-0.25, -0.2) is 0 Å². The van der Waals surface area contributed by atoms with E-state index in [4.69, 9.17) is 28.7 Å². The highest BCUT2D eigenvalue weighted by Crippen LogP contribution is 2.36. The molecule has 0 amide bonds. The van der Waals surface area contributed by atoms with Crippen LogP contribution in [0.4, 0.5) is 0 Å². The Balaban J connectivity index is 0.000000345. The van der Waals surface area contributed by atoms with E-state index < -0.39 is 0 Å². The van der Waals surface area contributed by atoms with Gasteiger partial charge in [0.2, 0.25) is 0 Å². The number of rotatable bonds is 13. The molecule has 5 aliphatic rings. The maximum Gasteiger partial charge on any atom is 0.0138 e. The number of hydrogen-bond donors (Lipinski definition) is 6. The molecule has 0 aromatic carbocycles. The molecule has 6 heteroatoms. The van der Waals surface area contributed by atoms with Gasteiger partial charge in [0.1, 0.15) is 0 Å². The Kier molecular flexibility index (Phi) is 27.1. The van der Waals surface area contributed by atoms with E-state index in [9.17, 15) is 0 Å². The van der Waals surface area contributed by atoms with Gasteiger partial charge in [0.25, 0.3) is 0 Å². The number of hydrogen-bond acceptors (Lipinski definition) is 6. The van der Waals surface area contributed by atoms with Crippen LogP contribution in [-0.4, -0.2) is 43.8 Å². The smallest absolute Gasteiger partial charge is 0.0138 e. The van der Waals surface area contributed by atoms with Crippen LogP contribution in [0.1, 0.15) is 192 Å². The van der Waals surface area contributed by atoms with Gasteiger partial charge < -0.3 is 34.0 Å². The van der Waals surface area contributed by atoms with Crippen molar-refractivity contribution in [2.24, 2.45) is 106 Å². The zero-order valence-electron chi connectivity index (χ0n) is 39.4. The molecule has 4 aliphatic carbocycles. The Labute approximate surface area is 345 Å². The van der Waals surface area contributed by atoms with Gasteiger partial charge in [-0.15, -0.1) is 0 Å². The lowest BCUT2D eigenvalue weighted by atomic mass is 9.85. The molecule has 10 atom stereocenters. The topological polar surface area (TPSA) is 142 Å². The molecule has 0 radical (unpaired) electrons. The van der Waals surface area contributed by atoms with E-state index in [1.54, 1.807) is 0 Å². The summed E-state index contributed by atoms with van der Waals surface area (Å²) in [5.74, 6) is 11.3. The quantitative estimate of drug-likeness (QED) is 0.110. The Morgan fingerprint density at radius 2 is 0.873 bits per heavy atom. The van der Waals surface area contributed by atoms with Crippen LogP contribution in [0.25, 0.3) is 0 Å². The van der Waals surface area contributed by atoms with Crippen LogP contribution in [-0.2, 0) is 0 Å². The van der Waals surface area contributed by atoms with Crippen LogP contribution in [0.5, 0.6) is 0 Å². The average molecular weight is 777 g/mol. The van der Waals surface area contributed by atoms with Gasteiger partial charge >= 0.3 is 0 Å². The Hall–Kier alpha value is -0.240. The summed E-state index contributed by atoms with van der Waals surface area (Å²) in [6.07, 6.45) is 23.3. The van der Waals surface area contributed by atoms with Gasteiger partial charge in [-0.1, -0.05) is 82.1 Å². The van der Waals surface area contributed by atoms with E-state index in [2.05, 4.69) is 88.4 Å². The lowest BCUT2D eigenvalue weighted by Gasteiger charge is -2.26. The fraction of sp³-hybridized carbons (Fsp3) is 1.00. The van der Waals surface area contributed by atoms with Crippen LogP contribution < -0.4 is 34.0 Å². The Morgan fingerprint density at radius 3 is 1.16 bits per heavy atom. The molecule has 11 N–H and O–H groups in total. The maximum absolute atomic E-state index is 6.09. The van der Waals surface area contributed by atoms with Crippen molar-refractivity contribution in [2.45, 2.75) is 210 Å². The molecule has 5 fully saturated rings. The molecule has 1 unspecified atom stereocenters. The summed E-state index contributed by atoms with van der Waals surface area (Å²) in [4.78, 5) is 0. The van der Waals surface area contributed by atoms with Crippen molar-refractivity contribution in [3.8, 4) is 0 Å². The van der Waals surface area contributed by atoms with Gasteiger partial charge in [-0.3, -0.25) is 0 Å². The van der Waals surface area contributed by atoms with E-state index in [0.29, 0.717) is 18.0 Å². The SMILES string of the molecule is CC(C)C[C@@H]1CC(C(C)(C)N)CN1.CC(C)C[C@H]1CC[C@@H](CN)C1.CC(C)C[C@H]1CC[C@@H](N)C1.CC(C)C[C@H]1CC[C@H](CN)C1.CC(C)[C@@H]1CC[C@H](CN)C1. The minimum Gasteiger partial charge on any atom is -0.330 e. The first-order chi connectivity index (χ1) is 25.7. The van der Waals surface area contributed by atoms with Crippen molar-refractivity contribution in [2.75, 3.05) is 26.2 Å². The van der Waals surface area contributed by atoms with Crippen LogP contribution in [0.3, 0.4) is 0 Å². The standard InChI is InChI=1S/C11H24N2.2C10H21N.2C9H19N/c1-8(2)5-10-6-9(7-13-10)11(3,4)12;2*1-8(2)5-9-3-4-10(6-9)7-11;1-7(2)9-4-3-8(5-9)6-10;1-7(2)5-8-3-4-9(10)6-8/h8-10,13H,5-7,12H2,1-4H3;2*8-10H,3-7,11H2,1-2H3;2*7-9H,3-6,10H2,1-2H3/t9?,10-;9-,10+;9-,10-;8-,9+;8-,9-/m11101/s1. The molecule has 0 aromatic heterocycles. The summed E-state index contributed by atoms with van der Waals surface area (Å²) in [5, 5.41) is 3.56. The van der Waals surface area contributed by atoms with E-state index >= 15 is 0 Å². The molecule has 6 nitrogen and oxygen atoms in total. The molecule has 330 valence electrons. The van der Waals surface area contributed by atoms with E-state index in [1.165, 1.54) is 109 Å². The van der Waals surface area contributed by atoms with Crippen molar-refractivity contribution >= 4 is 0 Å². The maximum atomic E-state index is 6.09. The van der Waals surface area contributed by atoms with Gasteiger partial charge in [0.05, 0.1) is 0 Å². The molecular formula is C49H104N6. The zero-order chi connectivity index (χ0) is 41.7. The van der Waals surface area contributed by atoms with Crippen molar-refractivity contribution in [1.82, 2.24) is 5.32 Å². The van der Waals surface area contributed by atoms with Gasteiger partial charge in [0, 0.05) is 24.2 Å². The normalized spacial score (nSPS) is 32.0. The predicted octanol–water partition coefficient (Wildman–Crippen LogP) is 10.7. The van der Waals surface area contributed by atoms with Gasteiger partial charge in [-0.05, 0) is 207 Å². The second kappa shape index (κ2) is 28.3. The minimum atomic E-state index is -0.0151. The fourth-order valence-electron chi connectivity index (χ4n) is 10.6. The van der Waals surface area contributed by atoms with Gasteiger partial charge in [-0.2, -0.15) is 0 Å². The lowest BCUT2D eigenvalue weighted by Crippen LogP contribution is -2.41. The monoisotopic (exact) mass is 777 g/mol. The molecule has 1 saturated heterocycles. The summed E-state index contributed by atoms with van der Waals surface area (Å²) in [5.41, 5.74) is 28.7. The van der Waals surface area contributed by atoms with Crippen LogP contribution in [0, 0.1) is 76.9 Å². The summed E-state index contributed by atoms with van der Waals surface area (Å²) >= 11 is 0. The third-order valence-corrected chi connectivity index (χ3v) is 13.9. The van der Waals surface area contributed by atoms with Crippen molar-refractivity contribution < 1.29 is 0 Å². The van der Waals surface area contributed by atoms with Crippen molar-refractivity contribution in [1.29, 1.82) is 0 Å². The molecule has 0 bridgehead atoms. The van der Waals surface area contributed by atoms with Crippen molar-refractivity contribution in [3.05, 3.63) is 0 Å². The Morgan fingerprint density at radius 1 is 0.491 bits per heavy atom. The number of nitrogens with one attached hydrogen (secondary N) is 1. The van der Waals surface area contributed by atoms with E-state index in [-0.39, 0.29) is 5.54 Å². The molecule has 1 aliphatic heterocycles. The van der Waals surface area contributed by atoms with Crippen molar-refractivity contribution in [3.63, 3.8) is 0 Å². The first-order valence-corrected chi connectivity index (χ1v) is 24.1. The first-order valence-electron chi connectivity index (χ1n) is 24.1. The first kappa shape index (κ1) is 52.8. The summed E-state index contributed by atoms with van der Waals surface area (Å²) in [7, 11) is 0. The molecule has 4 saturated carbocycles. The zero-order valence-corrected chi connectivity index (χ0v) is 39.4. The minimum absolute atomic E-state index is 0.0151. The summed E-state index contributed by atoms with van der Waals surface area (Å²) in [6.45, 7) is 31.2. The fourth-order valence-corrected chi connectivity index (χ4v) is 10.6.